The number of thiophene rings is 1. The predicted molar refractivity (Wildman–Crippen MR) is 79.5 cm³/mol. The normalized spacial score (nSPS) is 19.5. The van der Waals surface area contributed by atoms with Crippen molar-refractivity contribution >= 4 is 33.2 Å². The molecule has 5 heteroatoms. The summed E-state index contributed by atoms with van der Waals surface area (Å²) in [5.41, 5.74) is 0.910. The van der Waals surface area contributed by atoms with Gasteiger partial charge in [0, 0.05) is 4.88 Å². The second kappa shape index (κ2) is 5.94. The minimum Gasteiger partial charge on any atom is -0.481 e. The molecular formula is C14H19BrO3S. The highest BCUT2D eigenvalue weighted by Gasteiger charge is 2.38. The van der Waals surface area contributed by atoms with Crippen LogP contribution in [0.4, 0.5) is 0 Å². The topological polar surface area (TPSA) is 57.5 Å². The van der Waals surface area contributed by atoms with E-state index in [1.54, 1.807) is 11.3 Å². The van der Waals surface area contributed by atoms with Crippen LogP contribution in [-0.4, -0.2) is 16.2 Å². The highest BCUT2D eigenvalue weighted by Crippen LogP contribution is 2.48. The second-order valence-electron chi connectivity index (χ2n) is 5.60. The zero-order valence-corrected chi connectivity index (χ0v) is 13.4. The third-order valence-corrected chi connectivity index (χ3v) is 6.26. The third-order valence-electron chi connectivity index (χ3n) is 4.02. The Balaban J connectivity index is 2.10. The molecule has 1 fully saturated rings. The maximum absolute atomic E-state index is 11.1. The molecule has 19 heavy (non-hydrogen) atoms. The molecule has 2 rings (SSSR count). The highest BCUT2D eigenvalue weighted by atomic mass is 79.9. The van der Waals surface area contributed by atoms with Crippen LogP contribution >= 0.6 is 27.3 Å². The Morgan fingerprint density at radius 1 is 1.53 bits per heavy atom. The first-order chi connectivity index (χ1) is 8.92. The summed E-state index contributed by atoms with van der Waals surface area (Å²) in [7, 11) is 0. The fourth-order valence-corrected chi connectivity index (χ4v) is 4.61. The van der Waals surface area contributed by atoms with Crippen LogP contribution in [0.3, 0.4) is 0 Å². The van der Waals surface area contributed by atoms with Gasteiger partial charge in [0.2, 0.25) is 0 Å². The second-order valence-corrected chi connectivity index (χ2v) is 8.00. The van der Waals surface area contributed by atoms with E-state index in [9.17, 15) is 9.90 Å². The summed E-state index contributed by atoms with van der Waals surface area (Å²) in [6.07, 6.45) is 4.18. The fraction of sp³-hybridized carbons (Fsp3) is 0.643. The van der Waals surface area contributed by atoms with Crippen LogP contribution in [0.5, 0.6) is 0 Å². The molecule has 0 radical (unpaired) electrons. The minimum absolute atomic E-state index is 0.176. The lowest BCUT2D eigenvalue weighted by Crippen LogP contribution is -2.23. The first kappa shape index (κ1) is 15.0. The first-order valence-corrected chi connectivity index (χ1v) is 8.18. The molecule has 0 aliphatic heterocycles. The Kier molecular flexibility index (Phi) is 4.69. The van der Waals surface area contributed by atoms with Gasteiger partial charge in [0.25, 0.3) is 0 Å². The Labute approximate surface area is 125 Å². The molecule has 1 saturated carbocycles. The van der Waals surface area contributed by atoms with E-state index >= 15 is 0 Å². The number of halogens is 1. The quantitative estimate of drug-likeness (QED) is 0.836. The van der Waals surface area contributed by atoms with E-state index in [1.807, 2.05) is 13.0 Å². The van der Waals surface area contributed by atoms with E-state index in [-0.39, 0.29) is 11.8 Å². The van der Waals surface area contributed by atoms with E-state index in [0.717, 1.165) is 39.9 Å². The van der Waals surface area contributed by atoms with Gasteiger partial charge < -0.3 is 10.2 Å². The maximum atomic E-state index is 11.1. The molecule has 0 amide bonds. The maximum Gasteiger partial charge on any atom is 0.303 e. The van der Waals surface area contributed by atoms with Crippen molar-refractivity contribution in [2.45, 2.75) is 51.6 Å². The average molecular weight is 347 g/mol. The molecule has 1 aromatic heterocycles. The van der Waals surface area contributed by atoms with Gasteiger partial charge in [-0.1, -0.05) is 12.8 Å². The van der Waals surface area contributed by atoms with Gasteiger partial charge in [-0.3, -0.25) is 4.79 Å². The van der Waals surface area contributed by atoms with Crippen molar-refractivity contribution in [2.24, 2.45) is 5.41 Å². The lowest BCUT2D eigenvalue weighted by atomic mass is 9.77. The number of hydrogen-bond acceptors (Lipinski definition) is 3. The fourth-order valence-electron chi connectivity index (χ4n) is 3.06. The monoisotopic (exact) mass is 346 g/mol. The zero-order valence-electron chi connectivity index (χ0n) is 11.0. The molecule has 1 heterocycles. The van der Waals surface area contributed by atoms with Crippen molar-refractivity contribution in [3.63, 3.8) is 0 Å². The summed E-state index contributed by atoms with van der Waals surface area (Å²) in [6.45, 7) is 2.00. The van der Waals surface area contributed by atoms with Crippen LogP contribution in [0.25, 0.3) is 0 Å². The van der Waals surface area contributed by atoms with Crippen molar-refractivity contribution in [2.75, 3.05) is 0 Å². The number of carboxylic acid groups (broad SMARTS) is 1. The van der Waals surface area contributed by atoms with Crippen molar-refractivity contribution < 1.29 is 15.0 Å². The number of carboxylic acids is 1. The Morgan fingerprint density at radius 2 is 2.16 bits per heavy atom. The van der Waals surface area contributed by atoms with Crippen LogP contribution < -0.4 is 0 Å². The molecule has 0 spiro atoms. The summed E-state index contributed by atoms with van der Waals surface area (Å²) >= 11 is 5.01. The Morgan fingerprint density at radius 3 is 2.63 bits per heavy atom. The summed E-state index contributed by atoms with van der Waals surface area (Å²) in [5.74, 6) is -0.752. The summed E-state index contributed by atoms with van der Waals surface area (Å²) < 4.78 is 1.04. The van der Waals surface area contributed by atoms with Crippen LogP contribution in [0.2, 0.25) is 0 Å². The van der Waals surface area contributed by atoms with Gasteiger partial charge in [0.1, 0.15) is 0 Å². The van der Waals surface area contributed by atoms with E-state index in [2.05, 4.69) is 15.9 Å². The van der Waals surface area contributed by atoms with E-state index in [1.165, 1.54) is 0 Å². The molecule has 2 N–H and O–H groups in total. The van der Waals surface area contributed by atoms with Gasteiger partial charge in [0.05, 0.1) is 16.3 Å². The number of hydrogen-bond donors (Lipinski definition) is 2. The van der Waals surface area contributed by atoms with Gasteiger partial charge in [-0.25, -0.2) is 0 Å². The van der Waals surface area contributed by atoms with E-state index < -0.39 is 12.1 Å². The number of aliphatic hydroxyl groups excluding tert-OH is 1. The average Bonchev–Trinajstić information content (AvgIpc) is 2.87. The van der Waals surface area contributed by atoms with Gasteiger partial charge in [-0.05, 0) is 59.2 Å². The zero-order chi connectivity index (χ0) is 14.0. The molecule has 1 aliphatic rings. The van der Waals surface area contributed by atoms with Crippen molar-refractivity contribution in [3.8, 4) is 0 Å². The molecule has 1 unspecified atom stereocenters. The van der Waals surface area contributed by atoms with Gasteiger partial charge in [-0.15, -0.1) is 11.3 Å². The predicted octanol–water partition coefficient (Wildman–Crippen LogP) is 4.28. The van der Waals surface area contributed by atoms with E-state index in [0.29, 0.717) is 6.42 Å². The largest absolute Gasteiger partial charge is 0.481 e. The molecule has 0 aromatic carbocycles. The van der Waals surface area contributed by atoms with Gasteiger partial charge in [0.15, 0.2) is 0 Å². The summed E-state index contributed by atoms with van der Waals surface area (Å²) in [6, 6.07) is 1.99. The van der Waals surface area contributed by atoms with Crippen LogP contribution in [0.15, 0.2) is 9.85 Å². The van der Waals surface area contributed by atoms with E-state index in [4.69, 9.17) is 5.11 Å². The number of carbonyl (C=O) groups is 1. The molecule has 0 bridgehead atoms. The van der Waals surface area contributed by atoms with Gasteiger partial charge in [-0.2, -0.15) is 0 Å². The molecule has 1 atom stereocenters. The smallest absolute Gasteiger partial charge is 0.303 e. The SMILES string of the molecule is Cc1cc(C(O)CC2(CC(=O)O)CCCC2)sc1Br. The highest BCUT2D eigenvalue weighted by molar-refractivity contribution is 9.11. The third kappa shape index (κ3) is 3.58. The van der Waals surface area contributed by atoms with Crippen LogP contribution in [0.1, 0.15) is 55.1 Å². The number of rotatable bonds is 5. The standard InChI is InChI=1S/C14H19BrO3S/c1-9-6-11(19-13(9)15)10(16)7-14(8-12(17)18)4-2-3-5-14/h6,10,16H,2-5,7-8H2,1H3,(H,17,18). The lowest BCUT2D eigenvalue weighted by Gasteiger charge is -2.29. The molecule has 1 aromatic rings. The number of aliphatic hydroxyl groups is 1. The number of aliphatic carboxylic acids is 1. The van der Waals surface area contributed by atoms with Crippen LogP contribution in [0, 0.1) is 12.3 Å². The van der Waals surface area contributed by atoms with Crippen molar-refractivity contribution in [3.05, 3.63) is 20.3 Å². The molecule has 1 aliphatic carbocycles. The van der Waals surface area contributed by atoms with Crippen LogP contribution in [-0.2, 0) is 4.79 Å². The molecule has 0 saturated heterocycles. The Bertz CT molecular complexity index is 444. The first-order valence-electron chi connectivity index (χ1n) is 6.58. The molecule has 106 valence electrons. The molecular weight excluding hydrogens is 328 g/mol. The van der Waals surface area contributed by atoms with Gasteiger partial charge >= 0.3 is 5.97 Å². The molecule has 3 nitrogen and oxygen atoms in total. The van der Waals surface area contributed by atoms with Crippen molar-refractivity contribution in [1.82, 2.24) is 0 Å². The summed E-state index contributed by atoms with van der Waals surface area (Å²) in [4.78, 5) is 12.0. The number of aryl methyl sites for hydroxylation is 1. The van der Waals surface area contributed by atoms with Crippen molar-refractivity contribution in [1.29, 1.82) is 0 Å². The Hall–Kier alpha value is -0.390. The summed E-state index contributed by atoms with van der Waals surface area (Å²) in [5, 5.41) is 19.5. The lowest BCUT2D eigenvalue weighted by molar-refractivity contribution is -0.140. The minimum atomic E-state index is -0.752.